The third-order valence-corrected chi connectivity index (χ3v) is 1.68. The largest absolute Gasteiger partial charge is 0.496 e. The molecular weight excluding hydrogens is 174 g/mol. The van der Waals surface area contributed by atoms with Crippen molar-refractivity contribution in [3.63, 3.8) is 0 Å². The average Bonchev–Trinajstić information content (AvgIpc) is 2.21. The number of ether oxygens (including phenoxy) is 1. The molecule has 80 valence electrons. The summed E-state index contributed by atoms with van der Waals surface area (Å²) in [4.78, 5) is 2.12. The molecule has 0 aliphatic carbocycles. The van der Waals surface area contributed by atoms with Crippen molar-refractivity contribution < 1.29 is 4.74 Å². The zero-order chi connectivity index (χ0) is 11.0. The molecule has 0 unspecified atom stereocenters. The number of benzene rings is 1. The normalized spacial score (nSPS) is 9.29. The molecule has 0 heterocycles. The van der Waals surface area contributed by atoms with Crippen molar-refractivity contribution in [1.29, 1.82) is 0 Å². The lowest BCUT2D eigenvalue weighted by Crippen LogP contribution is -2.11. The number of rotatable bonds is 3. The van der Waals surface area contributed by atoms with E-state index in [4.69, 9.17) is 4.74 Å². The quantitative estimate of drug-likeness (QED) is 0.735. The highest BCUT2D eigenvalue weighted by Crippen LogP contribution is 2.17. The van der Waals surface area contributed by atoms with E-state index in [0.717, 1.165) is 12.3 Å². The Kier molecular flexibility index (Phi) is 6.85. The van der Waals surface area contributed by atoms with Gasteiger partial charge < -0.3 is 9.64 Å². The maximum atomic E-state index is 5.22. The van der Waals surface area contributed by atoms with Crippen LogP contribution < -0.4 is 4.74 Å². The van der Waals surface area contributed by atoms with E-state index in [1.807, 2.05) is 46.1 Å². The van der Waals surface area contributed by atoms with Crippen LogP contribution in [0.2, 0.25) is 0 Å². The van der Waals surface area contributed by atoms with E-state index in [0.29, 0.717) is 0 Å². The van der Waals surface area contributed by atoms with Gasteiger partial charge in [0.2, 0.25) is 0 Å². The summed E-state index contributed by atoms with van der Waals surface area (Å²) in [6.07, 6.45) is 0. The Morgan fingerprint density at radius 2 is 1.71 bits per heavy atom. The van der Waals surface area contributed by atoms with E-state index in [1.54, 1.807) is 7.11 Å². The summed E-state index contributed by atoms with van der Waals surface area (Å²) in [5.74, 6) is 0.964. The second-order valence-electron chi connectivity index (χ2n) is 3.05. The minimum atomic E-state index is 0.921. The van der Waals surface area contributed by atoms with Gasteiger partial charge in [-0.05, 0) is 20.2 Å². The molecule has 0 saturated carbocycles. The fourth-order valence-corrected chi connectivity index (χ4v) is 1.17. The highest BCUT2D eigenvalue weighted by molar-refractivity contribution is 5.32. The Morgan fingerprint density at radius 3 is 2.21 bits per heavy atom. The zero-order valence-corrected chi connectivity index (χ0v) is 9.87. The third kappa shape index (κ3) is 4.28. The summed E-state index contributed by atoms with van der Waals surface area (Å²) in [6, 6.07) is 8.08. The van der Waals surface area contributed by atoms with Gasteiger partial charge in [0.05, 0.1) is 7.11 Å². The standard InChI is InChI=1S/C10H15NO.C2H6/c1-11(2)8-9-6-4-5-7-10(9)12-3;1-2/h4-7H,8H2,1-3H3;1-2H3. The lowest BCUT2D eigenvalue weighted by atomic mass is 10.2. The number of methoxy groups -OCH3 is 1. The molecule has 0 aliphatic heterocycles. The molecule has 1 aromatic carbocycles. The van der Waals surface area contributed by atoms with Crippen LogP contribution >= 0.6 is 0 Å². The first-order valence-corrected chi connectivity index (χ1v) is 5.00. The summed E-state index contributed by atoms with van der Waals surface area (Å²) in [5.41, 5.74) is 1.23. The Morgan fingerprint density at radius 1 is 1.14 bits per heavy atom. The van der Waals surface area contributed by atoms with Gasteiger partial charge in [-0.25, -0.2) is 0 Å². The number of hydrogen-bond acceptors (Lipinski definition) is 2. The monoisotopic (exact) mass is 195 g/mol. The van der Waals surface area contributed by atoms with Crippen LogP contribution in [0.4, 0.5) is 0 Å². The van der Waals surface area contributed by atoms with Crippen LogP contribution in [-0.2, 0) is 6.54 Å². The van der Waals surface area contributed by atoms with Gasteiger partial charge >= 0.3 is 0 Å². The van der Waals surface area contributed by atoms with Crippen molar-refractivity contribution in [2.75, 3.05) is 21.2 Å². The summed E-state index contributed by atoms with van der Waals surface area (Å²) in [6.45, 7) is 4.92. The smallest absolute Gasteiger partial charge is 0.123 e. The Labute approximate surface area is 87.5 Å². The lowest BCUT2D eigenvalue weighted by molar-refractivity contribution is 0.372. The van der Waals surface area contributed by atoms with Crippen molar-refractivity contribution in [3.05, 3.63) is 29.8 Å². The fourth-order valence-electron chi connectivity index (χ4n) is 1.17. The lowest BCUT2D eigenvalue weighted by Gasteiger charge is -2.12. The van der Waals surface area contributed by atoms with E-state index in [9.17, 15) is 0 Å². The molecule has 0 aromatic heterocycles. The average molecular weight is 195 g/mol. The number of para-hydroxylation sites is 1. The van der Waals surface area contributed by atoms with Crippen molar-refractivity contribution in [3.8, 4) is 5.75 Å². The zero-order valence-electron chi connectivity index (χ0n) is 9.87. The van der Waals surface area contributed by atoms with Gasteiger partial charge in [0.25, 0.3) is 0 Å². The van der Waals surface area contributed by atoms with Crippen LogP contribution in [0.3, 0.4) is 0 Å². The number of nitrogens with zero attached hydrogens (tertiary/aromatic N) is 1. The molecular formula is C12H21NO. The molecule has 0 atom stereocenters. The van der Waals surface area contributed by atoms with E-state index in [1.165, 1.54) is 5.56 Å². The van der Waals surface area contributed by atoms with E-state index >= 15 is 0 Å². The fraction of sp³-hybridized carbons (Fsp3) is 0.500. The predicted molar refractivity (Wildman–Crippen MR) is 61.7 cm³/mol. The van der Waals surface area contributed by atoms with Crippen molar-refractivity contribution in [1.82, 2.24) is 4.90 Å². The molecule has 14 heavy (non-hydrogen) atoms. The molecule has 1 aromatic rings. The summed E-state index contributed by atoms with van der Waals surface area (Å²) in [7, 11) is 5.80. The molecule has 2 heteroatoms. The van der Waals surface area contributed by atoms with Crippen molar-refractivity contribution in [2.24, 2.45) is 0 Å². The molecule has 2 nitrogen and oxygen atoms in total. The molecule has 0 spiro atoms. The van der Waals surface area contributed by atoms with Gasteiger partial charge in [0.1, 0.15) is 5.75 Å². The highest BCUT2D eigenvalue weighted by Gasteiger charge is 2.01. The van der Waals surface area contributed by atoms with Crippen LogP contribution in [0.1, 0.15) is 19.4 Å². The minimum Gasteiger partial charge on any atom is -0.496 e. The van der Waals surface area contributed by atoms with Gasteiger partial charge in [-0.1, -0.05) is 32.0 Å². The first-order chi connectivity index (χ1) is 6.74. The second-order valence-corrected chi connectivity index (χ2v) is 3.05. The molecule has 0 N–H and O–H groups in total. The molecule has 0 bridgehead atoms. The van der Waals surface area contributed by atoms with Gasteiger partial charge in [-0.15, -0.1) is 0 Å². The molecule has 0 saturated heterocycles. The van der Waals surface area contributed by atoms with Crippen LogP contribution in [-0.4, -0.2) is 26.1 Å². The SMILES string of the molecule is CC.COc1ccccc1CN(C)C. The molecule has 0 radical (unpaired) electrons. The van der Waals surface area contributed by atoms with Crippen LogP contribution in [0.25, 0.3) is 0 Å². The third-order valence-electron chi connectivity index (χ3n) is 1.68. The van der Waals surface area contributed by atoms with E-state index in [2.05, 4.69) is 11.0 Å². The van der Waals surface area contributed by atoms with Crippen molar-refractivity contribution in [2.45, 2.75) is 20.4 Å². The maximum absolute atomic E-state index is 5.22. The second kappa shape index (κ2) is 7.39. The van der Waals surface area contributed by atoms with Crippen LogP contribution in [0.5, 0.6) is 5.75 Å². The first-order valence-electron chi connectivity index (χ1n) is 5.00. The minimum absolute atomic E-state index is 0.921. The van der Waals surface area contributed by atoms with Gasteiger partial charge in [-0.3, -0.25) is 0 Å². The van der Waals surface area contributed by atoms with Crippen LogP contribution in [0, 0.1) is 0 Å². The van der Waals surface area contributed by atoms with Gasteiger partial charge in [0.15, 0.2) is 0 Å². The predicted octanol–water partition coefficient (Wildman–Crippen LogP) is 2.78. The molecule has 0 amide bonds. The molecule has 0 aliphatic rings. The topological polar surface area (TPSA) is 12.5 Å². The summed E-state index contributed by atoms with van der Waals surface area (Å²) in [5, 5.41) is 0. The van der Waals surface area contributed by atoms with Gasteiger partial charge in [-0.2, -0.15) is 0 Å². The molecule has 1 rings (SSSR count). The Hall–Kier alpha value is -1.02. The van der Waals surface area contributed by atoms with E-state index < -0.39 is 0 Å². The molecule has 0 fully saturated rings. The summed E-state index contributed by atoms with van der Waals surface area (Å²) < 4.78 is 5.22. The Bertz CT molecular complexity index is 246. The Balaban J connectivity index is 0.000000791. The van der Waals surface area contributed by atoms with E-state index in [-0.39, 0.29) is 0 Å². The number of hydrogen-bond donors (Lipinski definition) is 0. The highest BCUT2D eigenvalue weighted by atomic mass is 16.5. The van der Waals surface area contributed by atoms with Crippen molar-refractivity contribution >= 4 is 0 Å². The van der Waals surface area contributed by atoms with Gasteiger partial charge in [0, 0.05) is 12.1 Å². The maximum Gasteiger partial charge on any atom is 0.123 e. The summed E-state index contributed by atoms with van der Waals surface area (Å²) >= 11 is 0. The van der Waals surface area contributed by atoms with Crippen LogP contribution in [0.15, 0.2) is 24.3 Å². The first kappa shape index (κ1) is 13.0.